The third-order valence-electron chi connectivity index (χ3n) is 2.79. The predicted molar refractivity (Wildman–Crippen MR) is 73.8 cm³/mol. The van der Waals surface area contributed by atoms with Crippen molar-refractivity contribution in [2.45, 2.75) is 24.1 Å². The molecule has 2 rings (SSSR count). The van der Waals surface area contributed by atoms with Crippen LogP contribution in [0.1, 0.15) is 24.2 Å². The van der Waals surface area contributed by atoms with E-state index in [9.17, 15) is 8.42 Å². The molecule has 1 atom stereocenters. The number of sulfonamides is 1. The number of hydrogen-bond acceptors (Lipinski definition) is 5. The van der Waals surface area contributed by atoms with Gasteiger partial charge in [-0.05, 0) is 13.8 Å². The van der Waals surface area contributed by atoms with Crippen LogP contribution in [0.5, 0.6) is 0 Å². The van der Waals surface area contributed by atoms with Gasteiger partial charge in [0, 0.05) is 24.3 Å². The first kappa shape index (κ1) is 14.4. The van der Waals surface area contributed by atoms with Gasteiger partial charge >= 0.3 is 0 Å². The summed E-state index contributed by atoms with van der Waals surface area (Å²) in [4.78, 5) is 3.73. The second kappa shape index (κ2) is 5.20. The summed E-state index contributed by atoms with van der Waals surface area (Å²) in [6.07, 6.45) is 2.90. The zero-order chi connectivity index (χ0) is 14.2. The zero-order valence-electron chi connectivity index (χ0n) is 10.6. The van der Waals surface area contributed by atoms with E-state index in [4.69, 9.17) is 11.6 Å². The Morgan fingerprint density at radius 3 is 2.63 bits per heavy atom. The molecule has 0 saturated carbocycles. The van der Waals surface area contributed by atoms with Gasteiger partial charge in [0.15, 0.2) is 8.68 Å². The quantitative estimate of drug-likeness (QED) is 0.933. The van der Waals surface area contributed by atoms with Crippen molar-refractivity contribution in [1.29, 1.82) is 0 Å². The highest BCUT2D eigenvalue weighted by atomic mass is 35.5. The summed E-state index contributed by atoms with van der Waals surface area (Å²) in [6.45, 7) is 3.65. The highest BCUT2D eigenvalue weighted by molar-refractivity contribution is 7.91. The van der Waals surface area contributed by atoms with E-state index >= 15 is 0 Å². The van der Waals surface area contributed by atoms with Crippen molar-refractivity contribution in [2.24, 2.45) is 7.05 Å². The minimum Gasteiger partial charge on any atom is -0.273 e. The van der Waals surface area contributed by atoms with Crippen LogP contribution in [-0.4, -0.2) is 23.2 Å². The Hall–Kier alpha value is -0.960. The van der Waals surface area contributed by atoms with E-state index in [0.717, 1.165) is 22.6 Å². The summed E-state index contributed by atoms with van der Waals surface area (Å²) < 4.78 is 28.8. The van der Waals surface area contributed by atoms with Crippen molar-refractivity contribution in [1.82, 2.24) is 19.5 Å². The van der Waals surface area contributed by atoms with E-state index in [1.165, 1.54) is 6.20 Å². The first-order valence-corrected chi connectivity index (χ1v) is 8.11. The van der Waals surface area contributed by atoms with Gasteiger partial charge in [-0.25, -0.2) is 18.1 Å². The van der Waals surface area contributed by atoms with Crippen LogP contribution in [0, 0.1) is 6.92 Å². The lowest BCUT2D eigenvalue weighted by molar-refractivity contribution is 0.568. The molecule has 2 heterocycles. The Morgan fingerprint density at radius 1 is 1.47 bits per heavy atom. The monoisotopic (exact) mass is 320 g/mol. The number of halogens is 1. The highest BCUT2D eigenvalue weighted by Crippen LogP contribution is 2.25. The maximum atomic E-state index is 12.1. The molecular weight excluding hydrogens is 308 g/mol. The number of aryl methyl sites for hydroxylation is 1. The molecule has 2 aromatic rings. The van der Waals surface area contributed by atoms with Crippen LogP contribution in [0.25, 0.3) is 0 Å². The lowest BCUT2D eigenvalue weighted by Crippen LogP contribution is -2.26. The van der Waals surface area contributed by atoms with Gasteiger partial charge in [-0.15, -0.1) is 0 Å². The van der Waals surface area contributed by atoms with Gasteiger partial charge in [-0.2, -0.15) is 5.10 Å². The topological polar surface area (TPSA) is 76.9 Å². The summed E-state index contributed by atoms with van der Waals surface area (Å²) in [5, 5.41) is 4.10. The third kappa shape index (κ3) is 2.97. The van der Waals surface area contributed by atoms with Gasteiger partial charge < -0.3 is 0 Å². The molecule has 0 aromatic carbocycles. The van der Waals surface area contributed by atoms with Gasteiger partial charge in [0.2, 0.25) is 0 Å². The molecule has 0 aliphatic carbocycles. The summed E-state index contributed by atoms with van der Waals surface area (Å²) in [5.41, 5.74) is 1.75. The smallest absolute Gasteiger partial charge is 0.252 e. The Balaban J connectivity index is 2.23. The number of nitrogens with zero attached hydrogens (tertiary/aromatic N) is 3. The molecule has 0 spiro atoms. The van der Waals surface area contributed by atoms with Crippen molar-refractivity contribution in [3.8, 4) is 0 Å². The number of hydrogen-bond donors (Lipinski definition) is 1. The fraction of sp³-hybridized carbons (Fsp3) is 0.400. The maximum absolute atomic E-state index is 12.1. The van der Waals surface area contributed by atoms with Gasteiger partial charge in [-0.1, -0.05) is 22.9 Å². The van der Waals surface area contributed by atoms with Crippen LogP contribution in [-0.2, 0) is 17.1 Å². The molecule has 0 bridgehead atoms. The van der Waals surface area contributed by atoms with Crippen LogP contribution in [0.2, 0.25) is 4.47 Å². The minimum atomic E-state index is -3.61. The van der Waals surface area contributed by atoms with Crippen molar-refractivity contribution in [3.05, 3.63) is 28.1 Å². The average molecular weight is 321 g/mol. The van der Waals surface area contributed by atoms with E-state index in [1.807, 2.05) is 14.0 Å². The van der Waals surface area contributed by atoms with Crippen molar-refractivity contribution in [2.75, 3.05) is 0 Å². The van der Waals surface area contributed by atoms with E-state index in [1.54, 1.807) is 17.8 Å². The summed E-state index contributed by atoms with van der Waals surface area (Å²) in [5.74, 6) is 0. The first-order valence-electron chi connectivity index (χ1n) is 5.43. The molecule has 0 radical (unpaired) electrons. The van der Waals surface area contributed by atoms with Crippen molar-refractivity contribution < 1.29 is 8.42 Å². The van der Waals surface area contributed by atoms with Crippen LogP contribution < -0.4 is 4.72 Å². The average Bonchev–Trinajstić information content (AvgIpc) is 2.87. The fourth-order valence-electron chi connectivity index (χ4n) is 1.66. The molecule has 0 amide bonds. The molecule has 0 aliphatic rings. The van der Waals surface area contributed by atoms with Crippen molar-refractivity contribution >= 4 is 33.0 Å². The molecule has 2 aromatic heterocycles. The Morgan fingerprint density at radius 2 is 2.16 bits per heavy atom. The standard InChI is InChI=1S/C10H13ClN4O2S2/c1-6(8-4-13-15(3)7(8)2)14-19(16,17)9-5-12-10(11)18-9/h4-6,14H,1-3H3. The molecule has 0 aliphatic heterocycles. The summed E-state index contributed by atoms with van der Waals surface area (Å²) in [6, 6.07) is -0.375. The van der Waals surface area contributed by atoms with E-state index in [-0.39, 0.29) is 14.7 Å². The van der Waals surface area contributed by atoms with E-state index < -0.39 is 10.0 Å². The fourth-order valence-corrected chi connectivity index (χ4v) is 4.19. The van der Waals surface area contributed by atoms with E-state index in [0.29, 0.717) is 0 Å². The molecule has 6 nitrogen and oxygen atoms in total. The SMILES string of the molecule is Cc1c(C(C)NS(=O)(=O)c2cnc(Cl)s2)cnn1C. The minimum absolute atomic E-state index is 0.103. The highest BCUT2D eigenvalue weighted by Gasteiger charge is 2.22. The van der Waals surface area contributed by atoms with Crippen LogP contribution >= 0.6 is 22.9 Å². The first-order chi connectivity index (χ1) is 8.81. The third-order valence-corrected chi connectivity index (χ3v) is 5.91. The predicted octanol–water partition coefficient (Wildman–Crippen LogP) is 1.88. The lowest BCUT2D eigenvalue weighted by Gasteiger charge is -2.12. The van der Waals surface area contributed by atoms with Crippen LogP contribution in [0.4, 0.5) is 0 Å². The zero-order valence-corrected chi connectivity index (χ0v) is 13.0. The number of aromatic nitrogens is 3. The molecule has 19 heavy (non-hydrogen) atoms. The summed E-state index contributed by atoms with van der Waals surface area (Å²) >= 11 is 6.57. The molecule has 1 N–H and O–H groups in total. The second-order valence-electron chi connectivity index (χ2n) is 4.08. The molecule has 0 fully saturated rings. The summed E-state index contributed by atoms with van der Waals surface area (Å²) in [7, 11) is -1.80. The normalized spacial score (nSPS) is 13.7. The molecule has 9 heteroatoms. The Bertz CT molecular complexity index is 692. The largest absolute Gasteiger partial charge is 0.273 e. The molecular formula is C10H13ClN4O2S2. The molecule has 104 valence electrons. The number of nitrogens with one attached hydrogen (secondary N) is 1. The van der Waals surface area contributed by atoms with Gasteiger partial charge in [-0.3, -0.25) is 4.68 Å². The van der Waals surface area contributed by atoms with Gasteiger partial charge in [0.05, 0.1) is 12.4 Å². The van der Waals surface area contributed by atoms with E-state index in [2.05, 4.69) is 14.8 Å². The molecule has 0 saturated heterocycles. The molecule has 1 unspecified atom stereocenters. The van der Waals surface area contributed by atoms with Crippen LogP contribution in [0.3, 0.4) is 0 Å². The number of thiazole rings is 1. The number of rotatable bonds is 4. The van der Waals surface area contributed by atoms with Crippen LogP contribution in [0.15, 0.2) is 16.6 Å². The maximum Gasteiger partial charge on any atom is 0.252 e. The van der Waals surface area contributed by atoms with Gasteiger partial charge in [0.25, 0.3) is 10.0 Å². The van der Waals surface area contributed by atoms with Gasteiger partial charge in [0.1, 0.15) is 0 Å². The Kier molecular flexibility index (Phi) is 3.95. The van der Waals surface area contributed by atoms with Crippen molar-refractivity contribution in [3.63, 3.8) is 0 Å². The lowest BCUT2D eigenvalue weighted by atomic mass is 10.1. The Labute approximate surface area is 120 Å². The second-order valence-corrected chi connectivity index (χ2v) is 7.64.